The smallest absolute Gasteiger partial charge is 0.338 e. The van der Waals surface area contributed by atoms with Crippen molar-refractivity contribution in [3.63, 3.8) is 0 Å². The number of hydrogen-bond donors (Lipinski definition) is 1. The third-order valence-corrected chi connectivity index (χ3v) is 9.07. The lowest BCUT2D eigenvalue weighted by Crippen LogP contribution is -2.27. The maximum Gasteiger partial charge on any atom is 0.338 e. The molecule has 0 atom stereocenters. The Morgan fingerprint density at radius 3 is 2.45 bits per heavy atom. The number of aromatic carboxylic acids is 1. The minimum atomic E-state index is -1.06. The van der Waals surface area contributed by atoms with Crippen molar-refractivity contribution >= 4 is 50.0 Å². The van der Waals surface area contributed by atoms with Gasteiger partial charge in [-0.25, -0.2) is 14.2 Å². The maximum atomic E-state index is 14.4. The van der Waals surface area contributed by atoms with Gasteiger partial charge in [0.25, 0.3) is 5.56 Å². The van der Waals surface area contributed by atoms with Crippen LogP contribution in [0.1, 0.15) is 44.4 Å². The highest BCUT2D eigenvalue weighted by Gasteiger charge is 2.22. The molecule has 47 heavy (non-hydrogen) atoms. The van der Waals surface area contributed by atoms with Crippen molar-refractivity contribution in [2.24, 2.45) is 0 Å². The number of benzene rings is 2. The Kier molecular flexibility index (Phi) is 8.49. The summed E-state index contributed by atoms with van der Waals surface area (Å²) in [6.07, 6.45) is 0. The lowest BCUT2D eigenvalue weighted by molar-refractivity contribution is 0.0699. The van der Waals surface area contributed by atoms with Crippen LogP contribution in [-0.4, -0.2) is 37.2 Å². The number of ether oxygens (including phenoxy) is 1. The van der Waals surface area contributed by atoms with E-state index in [1.807, 2.05) is 19.9 Å². The lowest BCUT2D eigenvalue weighted by atomic mass is 9.92. The van der Waals surface area contributed by atoms with Crippen molar-refractivity contribution < 1.29 is 19.0 Å². The first kappa shape index (κ1) is 31.8. The van der Waals surface area contributed by atoms with Gasteiger partial charge in [0.2, 0.25) is 0 Å². The third kappa shape index (κ3) is 5.82. The van der Waals surface area contributed by atoms with Crippen LogP contribution >= 0.6 is 22.9 Å². The highest BCUT2D eigenvalue weighted by Crippen LogP contribution is 2.40. The van der Waals surface area contributed by atoms with Crippen LogP contribution in [0.2, 0.25) is 5.02 Å². The van der Waals surface area contributed by atoms with Crippen LogP contribution in [0.4, 0.5) is 4.39 Å². The zero-order valence-corrected chi connectivity index (χ0v) is 27.4. The van der Waals surface area contributed by atoms with Gasteiger partial charge in [0.15, 0.2) is 0 Å². The van der Waals surface area contributed by atoms with Crippen LogP contribution in [0.3, 0.4) is 0 Å². The molecule has 1 N–H and O–H groups in total. The molecule has 0 unspecified atom stereocenters. The Hall–Kier alpha value is -5.18. The molecule has 12 heteroatoms. The average Bonchev–Trinajstić information content (AvgIpc) is 3.45. The fourth-order valence-electron chi connectivity index (χ4n) is 5.91. The molecule has 0 aliphatic carbocycles. The Balaban J connectivity index is 1.40. The number of fused-ring (bicyclic) bond motifs is 2. The molecular weight excluding hydrogens is 641 g/mol. The van der Waals surface area contributed by atoms with Crippen LogP contribution in [0, 0.1) is 39.0 Å². The summed E-state index contributed by atoms with van der Waals surface area (Å²) in [6, 6.07) is 14.2. The normalized spacial score (nSPS) is 11.3. The Labute approximate surface area is 277 Å². The predicted octanol–water partition coefficient (Wildman–Crippen LogP) is 7.74. The molecule has 6 aromatic rings. The molecule has 0 aliphatic rings. The maximum absolute atomic E-state index is 14.4. The molecule has 4 heterocycles. The summed E-state index contributed by atoms with van der Waals surface area (Å²) in [5, 5.41) is 22.1. The third-order valence-electron chi connectivity index (χ3n) is 7.83. The Bertz CT molecular complexity index is 2340. The fourth-order valence-corrected chi connectivity index (χ4v) is 7.09. The van der Waals surface area contributed by atoms with Crippen molar-refractivity contribution in [2.45, 2.75) is 40.9 Å². The quantitative estimate of drug-likeness (QED) is 0.174. The molecule has 0 saturated heterocycles. The number of nitriles is 1. The van der Waals surface area contributed by atoms with E-state index < -0.39 is 18.2 Å². The van der Waals surface area contributed by atoms with Gasteiger partial charge in [0, 0.05) is 44.2 Å². The van der Waals surface area contributed by atoms with Crippen molar-refractivity contribution in [1.29, 1.82) is 5.26 Å². The van der Waals surface area contributed by atoms with Gasteiger partial charge in [-0.1, -0.05) is 11.6 Å². The summed E-state index contributed by atoms with van der Waals surface area (Å²) in [4.78, 5) is 39.3. The van der Waals surface area contributed by atoms with Crippen LogP contribution in [0.5, 0.6) is 5.75 Å². The number of carboxylic acid groups (broad SMARTS) is 1. The molecule has 9 nitrogen and oxygen atoms in total. The van der Waals surface area contributed by atoms with Gasteiger partial charge in [-0.15, -0.1) is 11.3 Å². The minimum Gasteiger partial charge on any atom is -0.491 e. The van der Waals surface area contributed by atoms with Crippen LogP contribution in [0.25, 0.3) is 43.4 Å². The van der Waals surface area contributed by atoms with Gasteiger partial charge in [-0.05, 0) is 81.3 Å². The number of rotatable bonds is 8. The fraction of sp³-hybridized carbons (Fsp3) is 0.200. The topological polar surface area (TPSA) is 131 Å². The monoisotopic (exact) mass is 667 g/mol. The van der Waals surface area contributed by atoms with E-state index in [1.165, 1.54) is 22.0 Å². The highest BCUT2D eigenvalue weighted by atomic mass is 35.5. The zero-order valence-electron chi connectivity index (χ0n) is 25.8. The summed E-state index contributed by atoms with van der Waals surface area (Å²) >= 11 is 7.67. The van der Waals surface area contributed by atoms with E-state index in [0.29, 0.717) is 60.6 Å². The van der Waals surface area contributed by atoms with Gasteiger partial charge in [0.1, 0.15) is 30.9 Å². The SMILES string of the molecule is Cc1cc(-c2c(CF)cc3nc(C)n(CCOc4ccc(Cl)cc4-c4cc(C)nc5c(C(=O)O)csc45)c(=O)c3c2C#N)cc(C)n1. The number of halogens is 2. The zero-order chi connectivity index (χ0) is 33.6. The van der Waals surface area contributed by atoms with Gasteiger partial charge in [0.05, 0.1) is 38.8 Å². The van der Waals surface area contributed by atoms with Crippen LogP contribution < -0.4 is 10.3 Å². The molecule has 236 valence electrons. The first-order chi connectivity index (χ1) is 22.5. The molecular formula is C35H27ClFN5O4S. The molecule has 0 amide bonds. The molecule has 4 aromatic heterocycles. The number of carbonyl (C=O) groups is 1. The molecule has 0 radical (unpaired) electrons. The molecule has 0 saturated carbocycles. The second-order valence-electron chi connectivity index (χ2n) is 11.1. The number of thiophene rings is 1. The summed E-state index contributed by atoms with van der Waals surface area (Å²) in [6.45, 7) is 6.40. The van der Waals surface area contributed by atoms with Crippen molar-refractivity contribution in [3.05, 3.63) is 103 Å². The van der Waals surface area contributed by atoms with Crippen molar-refractivity contribution in [1.82, 2.24) is 19.5 Å². The first-order valence-corrected chi connectivity index (χ1v) is 15.8. The first-order valence-electron chi connectivity index (χ1n) is 14.5. The van der Waals surface area contributed by atoms with Crippen molar-refractivity contribution in [2.75, 3.05) is 6.61 Å². The van der Waals surface area contributed by atoms with E-state index in [2.05, 4.69) is 21.0 Å². The number of hydrogen-bond acceptors (Lipinski definition) is 8. The molecule has 0 spiro atoms. The van der Waals surface area contributed by atoms with Crippen molar-refractivity contribution in [3.8, 4) is 34.1 Å². The Morgan fingerprint density at radius 1 is 1.04 bits per heavy atom. The number of nitrogens with zero attached hydrogens (tertiary/aromatic N) is 5. The summed E-state index contributed by atoms with van der Waals surface area (Å²) in [7, 11) is 0. The minimum absolute atomic E-state index is 0.0562. The van der Waals surface area contributed by atoms with E-state index in [4.69, 9.17) is 16.3 Å². The largest absolute Gasteiger partial charge is 0.491 e. The van der Waals surface area contributed by atoms with E-state index in [9.17, 15) is 24.3 Å². The van der Waals surface area contributed by atoms with E-state index in [-0.39, 0.29) is 40.7 Å². The molecule has 6 rings (SSSR count). The molecule has 0 bridgehead atoms. The molecule has 0 aliphatic heterocycles. The summed E-state index contributed by atoms with van der Waals surface area (Å²) < 4.78 is 22.7. The van der Waals surface area contributed by atoms with Gasteiger partial charge in [-0.2, -0.15) is 5.26 Å². The number of alkyl halides is 1. The van der Waals surface area contributed by atoms with E-state index >= 15 is 0 Å². The van der Waals surface area contributed by atoms with Gasteiger partial charge >= 0.3 is 5.97 Å². The van der Waals surface area contributed by atoms with E-state index in [0.717, 1.165) is 5.56 Å². The Morgan fingerprint density at radius 2 is 1.77 bits per heavy atom. The molecule has 2 aromatic carbocycles. The molecule has 0 fully saturated rings. The number of pyridine rings is 2. The van der Waals surface area contributed by atoms with E-state index in [1.54, 1.807) is 49.6 Å². The van der Waals surface area contributed by atoms with Crippen LogP contribution in [0.15, 0.2) is 52.6 Å². The van der Waals surface area contributed by atoms with Gasteiger partial charge < -0.3 is 9.84 Å². The van der Waals surface area contributed by atoms with Crippen LogP contribution in [-0.2, 0) is 13.2 Å². The number of aryl methyl sites for hydroxylation is 4. The standard InChI is InChI=1S/C35H27ClFN5O4S/c1-17-9-21(10-18(2)39-17)30-22(14-37)12-28-31(26(30)15-38)34(43)42(20(4)41-28)7-8-46-29-6-5-23(36)13-24(29)25-11-19(3)40-32-27(35(44)45)16-47-33(25)32/h5-6,9-13,16H,7-8,14H2,1-4H3,(H,44,45). The predicted molar refractivity (Wildman–Crippen MR) is 180 cm³/mol. The summed E-state index contributed by atoms with van der Waals surface area (Å²) in [5.74, 6) is -0.209. The summed E-state index contributed by atoms with van der Waals surface area (Å²) in [5.41, 5.74) is 4.99. The average molecular weight is 668 g/mol. The second kappa shape index (κ2) is 12.5. The number of aromatic nitrogens is 4. The second-order valence-corrected chi connectivity index (χ2v) is 12.4. The lowest BCUT2D eigenvalue weighted by Gasteiger charge is -2.17. The van der Waals surface area contributed by atoms with Gasteiger partial charge in [-0.3, -0.25) is 19.3 Å². The highest BCUT2D eigenvalue weighted by molar-refractivity contribution is 7.18. The number of carboxylic acids is 1.